The average molecular weight is 367 g/mol. The lowest BCUT2D eigenvalue weighted by atomic mass is 10.2. The minimum absolute atomic E-state index is 0.132. The molecule has 2 aromatic carbocycles. The van der Waals surface area contributed by atoms with Crippen LogP contribution in [0.3, 0.4) is 0 Å². The highest BCUT2D eigenvalue weighted by Crippen LogP contribution is 2.22. The highest BCUT2D eigenvalue weighted by Gasteiger charge is 2.16. The summed E-state index contributed by atoms with van der Waals surface area (Å²) in [6.45, 7) is 4.45. The lowest BCUT2D eigenvalue weighted by Gasteiger charge is -2.20. The van der Waals surface area contributed by atoms with Crippen LogP contribution >= 0.6 is 11.6 Å². The van der Waals surface area contributed by atoms with Crippen LogP contribution in [-0.2, 0) is 0 Å². The molecule has 0 fully saturated rings. The maximum atomic E-state index is 12.7. The van der Waals surface area contributed by atoms with E-state index in [9.17, 15) is 4.79 Å². The summed E-state index contributed by atoms with van der Waals surface area (Å²) in [4.78, 5) is 23.0. The van der Waals surface area contributed by atoms with Crippen molar-refractivity contribution in [1.29, 1.82) is 0 Å². The topological polar surface area (TPSA) is 58.1 Å². The van der Waals surface area contributed by atoms with Gasteiger partial charge in [-0.15, -0.1) is 0 Å². The van der Waals surface area contributed by atoms with E-state index in [0.717, 1.165) is 16.9 Å². The zero-order chi connectivity index (χ0) is 18.5. The summed E-state index contributed by atoms with van der Waals surface area (Å²) < 4.78 is 0. The normalized spacial score (nSPS) is 10.4. The minimum Gasteiger partial charge on any atom is -0.324 e. The number of aryl methyl sites for hydroxylation is 1. The number of carbonyl (C=O) groups is 1. The Balaban J connectivity index is 1.77. The smallest absolute Gasteiger partial charge is 0.261 e. The average Bonchev–Trinajstić information content (AvgIpc) is 2.66. The molecule has 0 saturated carbocycles. The molecule has 0 spiro atoms. The Labute approximate surface area is 157 Å². The predicted octanol–water partition coefficient (Wildman–Crippen LogP) is 4.85. The SMILES string of the molecule is CCN(C(=O)c1cnc(Nc2ccc(Cl)cc2C)nc1)c1ccccc1. The lowest BCUT2D eigenvalue weighted by Crippen LogP contribution is -2.30. The van der Waals surface area contributed by atoms with Crippen molar-refractivity contribution in [2.24, 2.45) is 0 Å². The van der Waals surface area contributed by atoms with Gasteiger partial charge in [-0.2, -0.15) is 0 Å². The van der Waals surface area contributed by atoms with Crippen molar-refractivity contribution in [3.05, 3.63) is 77.1 Å². The van der Waals surface area contributed by atoms with Crippen LogP contribution in [0, 0.1) is 6.92 Å². The highest BCUT2D eigenvalue weighted by atomic mass is 35.5. The van der Waals surface area contributed by atoms with Crippen molar-refractivity contribution in [2.75, 3.05) is 16.8 Å². The molecule has 0 radical (unpaired) electrons. The van der Waals surface area contributed by atoms with Crippen molar-refractivity contribution in [1.82, 2.24) is 9.97 Å². The summed E-state index contributed by atoms with van der Waals surface area (Å²) in [5.74, 6) is 0.294. The standard InChI is InChI=1S/C20H19ClN4O/c1-3-25(17-7-5-4-6-8-17)19(26)15-12-22-20(23-13-15)24-18-10-9-16(21)11-14(18)2/h4-13H,3H2,1-2H3,(H,22,23,24). The van der Waals surface area contributed by atoms with Crippen molar-refractivity contribution < 1.29 is 4.79 Å². The van der Waals surface area contributed by atoms with E-state index in [4.69, 9.17) is 11.6 Å². The molecule has 1 heterocycles. The van der Waals surface area contributed by atoms with Crippen molar-refractivity contribution in [2.45, 2.75) is 13.8 Å². The number of halogens is 1. The van der Waals surface area contributed by atoms with Gasteiger partial charge in [-0.1, -0.05) is 29.8 Å². The predicted molar refractivity (Wildman–Crippen MR) is 105 cm³/mol. The maximum Gasteiger partial charge on any atom is 0.261 e. The Kier molecular flexibility index (Phi) is 5.49. The molecule has 26 heavy (non-hydrogen) atoms. The molecule has 132 valence electrons. The fourth-order valence-electron chi connectivity index (χ4n) is 2.60. The Hall–Kier alpha value is -2.92. The van der Waals surface area contributed by atoms with Crippen LogP contribution in [0.1, 0.15) is 22.8 Å². The minimum atomic E-state index is -0.132. The van der Waals surface area contributed by atoms with Gasteiger partial charge in [-0.25, -0.2) is 9.97 Å². The quantitative estimate of drug-likeness (QED) is 0.701. The van der Waals surface area contributed by atoms with Crippen molar-refractivity contribution in [3.8, 4) is 0 Å². The zero-order valence-electron chi connectivity index (χ0n) is 14.6. The lowest BCUT2D eigenvalue weighted by molar-refractivity contribution is 0.0987. The first kappa shape index (κ1) is 17.9. The van der Waals surface area contributed by atoms with Gasteiger partial charge >= 0.3 is 0 Å². The van der Waals surface area contributed by atoms with E-state index in [1.807, 2.05) is 56.3 Å². The Morgan fingerprint density at radius 1 is 1.12 bits per heavy atom. The van der Waals surface area contributed by atoms with Crippen molar-refractivity contribution >= 4 is 34.8 Å². The molecule has 0 unspecified atom stereocenters. The number of rotatable bonds is 5. The number of nitrogens with zero attached hydrogens (tertiary/aromatic N) is 3. The number of para-hydroxylation sites is 1. The van der Waals surface area contributed by atoms with Crippen LogP contribution in [-0.4, -0.2) is 22.4 Å². The van der Waals surface area contributed by atoms with Crippen LogP contribution in [0.4, 0.5) is 17.3 Å². The van der Waals surface area contributed by atoms with E-state index in [1.165, 1.54) is 12.4 Å². The second-order valence-electron chi connectivity index (χ2n) is 5.76. The fourth-order valence-corrected chi connectivity index (χ4v) is 2.82. The fraction of sp³-hybridized carbons (Fsp3) is 0.150. The molecule has 0 bridgehead atoms. The highest BCUT2D eigenvalue weighted by molar-refractivity contribution is 6.30. The van der Waals surface area contributed by atoms with Crippen LogP contribution < -0.4 is 10.2 Å². The molecule has 1 amide bonds. The largest absolute Gasteiger partial charge is 0.324 e. The molecule has 0 aliphatic carbocycles. The molecule has 5 nitrogen and oxygen atoms in total. The molecular weight excluding hydrogens is 348 g/mol. The summed E-state index contributed by atoms with van der Waals surface area (Å²) in [6, 6.07) is 15.1. The number of aromatic nitrogens is 2. The zero-order valence-corrected chi connectivity index (χ0v) is 15.4. The Morgan fingerprint density at radius 2 is 1.81 bits per heavy atom. The molecule has 6 heteroatoms. The molecular formula is C20H19ClN4O. The van der Waals surface area contributed by atoms with Gasteiger partial charge in [-0.3, -0.25) is 4.79 Å². The molecule has 0 aliphatic heterocycles. The van der Waals surface area contributed by atoms with E-state index in [1.54, 1.807) is 11.0 Å². The Bertz CT molecular complexity index is 897. The maximum absolute atomic E-state index is 12.7. The summed E-state index contributed by atoms with van der Waals surface area (Å²) >= 11 is 5.97. The van der Waals surface area contributed by atoms with Gasteiger partial charge < -0.3 is 10.2 Å². The Morgan fingerprint density at radius 3 is 2.42 bits per heavy atom. The number of nitrogens with one attached hydrogen (secondary N) is 1. The first-order valence-corrected chi connectivity index (χ1v) is 8.68. The van der Waals surface area contributed by atoms with Gasteiger partial charge in [0.25, 0.3) is 5.91 Å². The number of benzene rings is 2. The second-order valence-corrected chi connectivity index (χ2v) is 6.20. The number of carbonyl (C=O) groups excluding carboxylic acids is 1. The van der Waals surface area contributed by atoms with E-state index in [0.29, 0.717) is 23.1 Å². The van der Waals surface area contributed by atoms with Gasteiger partial charge in [0.2, 0.25) is 5.95 Å². The second kappa shape index (κ2) is 7.97. The van der Waals surface area contributed by atoms with E-state index in [2.05, 4.69) is 15.3 Å². The summed E-state index contributed by atoms with van der Waals surface area (Å²) in [5, 5.41) is 3.81. The van der Waals surface area contributed by atoms with Crippen LogP contribution in [0.5, 0.6) is 0 Å². The molecule has 0 aliphatic rings. The molecule has 3 rings (SSSR count). The van der Waals surface area contributed by atoms with Gasteiger partial charge in [0, 0.05) is 35.3 Å². The number of hydrogen-bond donors (Lipinski definition) is 1. The monoisotopic (exact) mass is 366 g/mol. The summed E-state index contributed by atoms with van der Waals surface area (Å²) in [6.07, 6.45) is 3.07. The summed E-state index contributed by atoms with van der Waals surface area (Å²) in [5.41, 5.74) is 3.14. The van der Waals surface area contributed by atoms with Crippen LogP contribution in [0.2, 0.25) is 5.02 Å². The molecule has 1 N–H and O–H groups in total. The van der Waals surface area contributed by atoms with Crippen molar-refractivity contribution in [3.63, 3.8) is 0 Å². The third kappa shape index (κ3) is 4.00. The van der Waals surface area contributed by atoms with E-state index < -0.39 is 0 Å². The first-order chi connectivity index (χ1) is 12.6. The van der Waals surface area contributed by atoms with Gasteiger partial charge in [0.1, 0.15) is 0 Å². The van der Waals surface area contributed by atoms with E-state index >= 15 is 0 Å². The van der Waals surface area contributed by atoms with Gasteiger partial charge in [-0.05, 0) is 49.7 Å². The first-order valence-electron chi connectivity index (χ1n) is 8.30. The van der Waals surface area contributed by atoms with Gasteiger partial charge in [0.05, 0.1) is 5.56 Å². The number of hydrogen-bond acceptors (Lipinski definition) is 4. The molecule has 0 saturated heterocycles. The molecule has 1 aromatic heterocycles. The number of anilines is 3. The summed E-state index contributed by atoms with van der Waals surface area (Å²) in [7, 11) is 0. The number of amides is 1. The van der Waals surface area contributed by atoms with Crippen LogP contribution in [0.25, 0.3) is 0 Å². The van der Waals surface area contributed by atoms with E-state index in [-0.39, 0.29) is 5.91 Å². The van der Waals surface area contributed by atoms with Gasteiger partial charge in [0.15, 0.2) is 0 Å². The third-order valence-corrected chi connectivity index (χ3v) is 4.20. The third-order valence-electron chi connectivity index (χ3n) is 3.96. The molecule has 3 aromatic rings. The molecule has 0 atom stereocenters. The van der Waals surface area contributed by atoms with Crippen LogP contribution in [0.15, 0.2) is 60.9 Å².